The minimum absolute atomic E-state index is 0.125. The molecule has 3 aromatic rings. The van der Waals surface area contributed by atoms with Crippen LogP contribution in [0, 0.1) is 11.3 Å². The Hall–Kier alpha value is -1.95. The number of anilines is 1. The van der Waals surface area contributed by atoms with E-state index in [2.05, 4.69) is 21.4 Å². The summed E-state index contributed by atoms with van der Waals surface area (Å²) in [5.74, 6) is 0.138. The number of nitriles is 1. The number of rotatable bonds is 4. The fourth-order valence-electron chi connectivity index (χ4n) is 2.96. The molecule has 0 fully saturated rings. The van der Waals surface area contributed by atoms with Crippen LogP contribution in [0.15, 0.2) is 22.8 Å². The van der Waals surface area contributed by atoms with E-state index in [9.17, 15) is 4.79 Å². The Bertz CT molecular complexity index is 986. The number of hydrogen-bond acceptors (Lipinski definition) is 7. The maximum absolute atomic E-state index is 12.2. The number of fused-ring (bicyclic) bond motifs is 3. The zero-order chi connectivity index (χ0) is 17.2. The highest BCUT2D eigenvalue weighted by Gasteiger charge is 2.20. The maximum atomic E-state index is 12.2. The molecule has 126 valence electrons. The van der Waals surface area contributed by atoms with Crippen LogP contribution in [-0.4, -0.2) is 21.6 Å². The number of hydrogen-bond donors (Lipinski definition) is 1. The molecule has 0 saturated carbocycles. The Morgan fingerprint density at radius 1 is 1.36 bits per heavy atom. The number of carbonyl (C=O) groups is 1. The molecule has 8 heteroatoms. The van der Waals surface area contributed by atoms with Gasteiger partial charge in [-0.05, 0) is 42.7 Å². The lowest BCUT2D eigenvalue weighted by Crippen LogP contribution is -2.14. The van der Waals surface area contributed by atoms with Crippen molar-refractivity contribution in [1.29, 1.82) is 5.26 Å². The Kier molecular flexibility index (Phi) is 4.70. The van der Waals surface area contributed by atoms with Crippen LogP contribution in [0.4, 0.5) is 5.00 Å². The van der Waals surface area contributed by atoms with Crippen molar-refractivity contribution in [3.8, 4) is 6.07 Å². The van der Waals surface area contributed by atoms with Crippen molar-refractivity contribution in [2.75, 3.05) is 11.1 Å². The smallest absolute Gasteiger partial charge is 0.235 e. The lowest BCUT2D eigenvalue weighted by molar-refractivity contribution is -0.113. The molecule has 4 rings (SSSR count). The molecule has 0 aliphatic heterocycles. The molecule has 0 spiro atoms. The molecule has 1 N–H and O–H groups in total. The number of aromatic nitrogens is 2. The summed E-state index contributed by atoms with van der Waals surface area (Å²) in [6.45, 7) is 0. The number of amides is 1. The maximum Gasteiger partial charge on any atom is 0.235 e. The van der Waals surface area contributed by atoms with Gasteiger partial charge in [-0.3, -0.25) is 4.79 Å². The Labute approximate surface area is 157 Å². The second kappa shape index (κ2) is 7.12. The van der Waals surface area contributed by atoms with Crippen molar-refractivity contribution >= 4 is 55.6 Å². The van der Waals surface area contributed by atoms with Crippen LogP contribution in [0.5, 0.6) is 0 Å². The molecule has 1 aliphatic carbocycles. The van der Waals surface area contributed by atoms with Gasteiger partial charge in [0.05, 0.1) is 11.3 Å². The number of thiophene rings is 2. The quantitative estimate of drug-likeness (QED) is 0.536. The summed E-state index contributed by atoms with van der Waals surface area (Å²) < 4.78 is 0. The molecule has 0 bridgehead atoms. The van der Waals surface area contributed by atoms with E-state index >= 15 is 0 Å². The van der Waals surface area contributed by atoms with Gasteiger partial charge in [0, 0.05) is 10.3 Å². The topological polar surface area (TPSA) is 78.7 Å². The van der Waals surface area contributed by atoms with Crippen LogP contribution in [0.2, 0.25) is 0 Å². The summed E-state index contributed by atoms with van der Waals surface area (Å²) in [5.41, 5.74) is 1.87. The molecule has 0 radical (unpaired) electrons. The first-order valence-electron chi connectivity index (χ1n) is 7.91. The first-order chi connectivity index (χ1) is 12.3. The summed E-state index contributed by atoms with van der Waals surface area (Å²) in [6.07, 6.45) is 6.21. The molecule has 25 heavy (non-hydrogen) atoms. The lowest BCUT2D eigenvalue weighted by Gasteiger charge is -2.11. The highest BCUT2D eigenvalue weighted by molar-refractivity contribution is 8.00. The zero-order valence-electron chi connectivity index (χ0n) is 13.2. The minimum atomic E-state index is -0.125. The summed E-state index contributed by atoms with van der Waals surface area (Å²) in [4.78, 5) is 23.5. The first kappa shape index (κ1) is 16.5. The van der Waals surface area contributed by atoms with Gasteiger partial charge in [-0.15, -0.1) is 22.7 Å². The van der Waals surface area contributed by atoms with Crippen molar-refractivity contribution in [1.82, 2.24) is 9.97 Å². The summed E-state index contributed by atoms with van der Waals surface area (Å²) in [7, 11) is 0. The van der Waals surface area contributed by atoms with E-state index in [1.807, 2.05) is 0 Å². The number of nitrogens with one attached hydrogen (secondary N) is 1. The van der Waals surface area contributed by atoms with Gasteiger partial charge >= 0.3 is 0 Å². The van der Waals surface area contributed by atoms with E-state index < -0.39 is 0 Å². The van der Waals surface area contributed by atoms with Gasteiger partial charge in [0.15, 0.2) is 0 Å². The van der Waals surface area contributed by atoms with Crippen LogP contribution in [0.1, 0.15) is 28.8 Å². The van der Waals surface area contributed by atoms with Gasteiger partial charge in [0.1, 0.15) is 27.3 Å². The van der Waals surface area contributed by atoms with Gasteiger partial charge in [0.2, 0.25) is 5.91 Å². The normalized spacial score (nSPS) is 13.4. The lowest BCUT2D eigenvalue weighted by atomic mass is 9.97. The second-order valence-electron chi connectivity index (χ2n) is 5.68. The van der Waals surface area contributed by atoms with E-state index in [1.54, 1.807) is 29.1 Å². The van der Waals surface area contributed by atoms with Crippen molar-refractivity contribution in [2.24, 2.45) is 0 Å². The van der Waals surface area contributed by atoms with Gasteiger partial charge < -0.3 is 5.32 Å². The predicted molar refractivity (Wildman–Crippen MR) is 102 cm³/mol. The molecule has 0 atom stereocenters. The fourth-order valence-corrected chi connectivity index (χ4v) is 5.83. The van der Waals surface area contributed by atoms with Gasteiger partial charge in [-0.25, -0.2) is 9.97 Å². The average Bonchev–Trinajstić information content (AvgIpc) is 3.23. The zero-order valence-corrected chi connectivity index (χ0v) is 15.7. The highest BCUT2D eigenvalue weighted by atomic mass is 32.2. The van der Waals surface area contributed by atoms with E-state index in [0.29, 0.717) is 10.6 Å². The van der Waals surface area contributed by atoms with E-state index in [4.69, 9.17) is 5.26 Å². The Morgan fingerprint density at radius 3 is 3.12 bits per heavy atom. The van der Waals surface area contributed by atoms with Crippen LogP contribution in [0.3, 0.4) is 0 Å². The van der Waals surface area contributed by atoms with Crippen molar-refractivity contribution in [3.63, 3.8) is 0 Å². The van der Waals surface area contributed by atoms with E-state index in [-0.39, 0.29) is 11.7 Å². The van der Waals surface area contributed by atoms with Crippen LogP contribution < -0.4 is 5.32 Å². The number of nitrogens with zero attached hydrogens (tertiary/aromatic N) is 3. The van der Waals surface area contributed by atoms with Crippen LogP contribution >= 0.6 is 34.4 Å². The second-order valence-corrected chi connectivity index (χ2v) is 8.65. The van der Waals surface area contributed by atoms with Crippen molar-refractivity contribution in [2.45, 2.75) is 30.7 Å². The molecule has 0 aromatic carbocycles. The first-order valence-corrected chi connectivity index (χ1v) is 10.6. The molecular weight excluding hydrogens is 372 g/mol. The average molecular weight is 387 g/mol. The van der Waals surface area contributed by atoms with Gasteiger partial charge in [-0.1, -0.05) is 11.8 Å². The van der Waals surface area contributed by atoms with E-state index in [0.717, 1.165) is 28.1 Å². The largest absolute Gasteiger partial charge is 0.316 e. The molecule has 3 heterocycles. The third-order valence-corrected chi connectivity index (χ3v) is 7.11. The number of aryl methyl sites for hydroxylation is 2. The summed E-state index contributed by atoms with van der Waals surface area (Å²) in [6, 6.07) is 3.79. The SMILES string of the molecule is N#Cc1ccsc1NC(=O)CSc1ncnc2sc3c(c12)CCCC3. The van der Waals surface area contributed by atoms with Crippen LogP contribution in [-0.2, 0) is 17.6 Å². The van der Waals surface area contributed by atoms with Gasteiger partial charge in [-0.2, -0.15) is 5.26 Å². The third-order valence-electron chi connectivity index (χ3n) is 4.10. The molecule has 3 aromatic heterocycles. The predicted octanol–water partition coefficient (Wildman–Crippen LogP) is 4.23. The van der Waals surface area contributed by atoms with Crippen molar-refractivity contribution in [3.05, 3.63) is 33.8 Å². The Balaban J connectivity index is 1.52. The number of thioether (sulfide) groups is 1. The molecule has 1 amide bonds. The molecule has 0 saturated heterocycles. The molecule has 5 nitrogen and oxygen atoms in total. The molecule has 0 unspecified atom stereocenters. The molecule has 1 aliphatic rings. The Morgan fingerprint density at radius 2 is 2.24 bits per heavy atom. The highest BCUT2D eigenvalue weighted by Crippen LogP contribution is 2.39. The third kappa shape index (κ3) is 3.27. The minimum Gasteiger partial charge on any atom is -0.316 e. The summed E-state index contributed by atoms with van der Waals surface area (Å²) >= 11 is 4.55. The molecular formula is C17H14N4OS3. The van der Waals surface area contributed by atoms with Gasteiger partial charge in [0.25, 0.3) is 0 Å². The standard InChI is InChI=1S/C17H14N4OS3/c18-7-10-5-6-23-15(10)21-13(22)8-24-16-14-11-3-1-2-4-12(11)25-17(14)20-9-19-16/h5-6,9H,1-4,8H2,(H,21,22). The van der Waals surface area contributed by atoms with Crippen LogP contribution in [0.25, 0.3) is 10.2 Å². The monoisotopic (exact) mass is 386 g/mol. The van der Waals surface area contributed by atoms with E-state index in [1.165, 1.54) is 46.4 Å². The fraction of sp³-hybridized carbons (Fsp3) is 0.294. The van der Waals surface area contributed by atoms with Crippen molar-refractivity contribution < 1.29 is 4.79 Å². The summed E-state index contributed by atoms with van der Waals surface area (Å²) in [5, 5.41) is 16.2. The number of carbonyl (C=O) groups excluding carboxylic acids is 1.